The van der Waals surface area contributed by atoms with Gasteiger partial charge in [0.05, 0.1) is 30.0 Å². The molecule has 0 fully saturated rings. The second-order valence-corrected chi connectivity index (χ2v) is 3.04. The Balaban J connectivity index is 0.00000196. The van der Waals surface area contributed by atoms with E-state index in [1.54, 1.807) is 0 Å². The summed E-state index contributed by atoms with van der Waals surface area (Å²) in [6.07, 6.45) is 1.29. The van der Waals surface area contributed by atoms with Crippen molar-refractivity contribution in [3.63, 3.8) is 0 Å². The zero-order valence-electron chi connectivity index (χ0n) is 8.65. The third-order valence-electron chi connectivity index (χ3n) is 1.70. The van der Waals surface area contributed by atoms with Crippen LogP contribution in [0.15, 0.2) is 6.20 Å². The van der Waals surface area contributed by atoms with Gasteiger partial charge in [0, 0.05) is 5.92 Å². The van der Waals surface area contributed by atoms with Crippen LogP contribution in [0, 0.1) is 0 Å². The summed E-state index contributed by atoms with van der Waals surface area (Å²) in [5.41, 5.74) is 0.193. The molecule has 0 amide bonds. The molecular formula is C8H8ClLiN2O3. The van der Waals surface area contributed by atoms with E-state index in [9.17, 15) is 9.90 Å². The van der Waals surface area contributed by atoms with Gasteiger partial charge >= 0.3 is 24.9 Å². The van der Waals surface area contributed by atoms with E-state index in [-0.39, 0.29) is 35.6 Å². The number of carbonyl (C=O) groups excluding carboxylic acids is 1. The monoisotopic (exact) mass is 222 g/mol. The smallest absolute Gasteiger partial charge is 0.549 e. The summed E-state index contributed by atoms with van der Waals surface area (Å²) in [6.45, 7) is 1.43. The van der Waals surface area contributed by atoms with Crippen molar-refractivity contribution in [2.45, 2.75) is 12.8 Å². The average Bonchev–Trinajstić information content (AvgIpc) is 2.17. The van der Waals surface area contributed by atoms with Crippen molar-refractivity contribution < 1.29 is 33.5 Å². The zero-order chi connectivity index (χ0) is 10.7. The molecule has 1 aromatic rings. The Kier molecular flexibility index (Phi) is 5.66. The van der Waals surface area contributed by atoms with Crippen LogP contribution in [0.3, 0.4) is 0 Å². The van der Waals surface area contributed by atoms with Gasteiger partial charge in [-0.1, -0.05) is 18.5 Å². The molecule has 1 unspecified atom stereocenters. The van der Waals surface area contributed by atoms with E-state index in [2.05, 4.69) is 9.97 Å². The molecule has 0 saturated heterocycles. The van der Waals surface area contributed by atoms with Crippen molar-refractivity contribution >= 4 is 17.6 Å². The van der Waals surface area contributed by atoms with Crippen molar-refractivity contribution in [1.29, 1.82) is 0 Å². The Morgan fingerprint density at radius 3 is 2.73 bits per heavy atom. The summed E-state index contributed by atoms with van der Waals surface area (Å²) in [4.78, 5) is 18.1. The average molecular weight is 223 g/mol. The molecule has 0 aliphatic heterocycles. The summed E-state index contributed by atoms with van der Waals surface area (Å²) in [5, 5.41) is 10.8. The Bertz CT molecular complexity index is 362. The van der Waals surface area contributed by atoms with Crippen LogP contribution in [0.2, 0.25) is 5.02 Å². The van der Waals surface area contributed by atoms with Crippen molar-refractivity contribution in [3.8, 4) is 6.01 Å². The van der Waals surface area contributed by atoms with Crippen LogP contribution in [-0.4, -0.2) is 23.0 Å². The van der Waals surface area contributed by atoms with Crippen LogP contribution in [0.4, 0.5) is 0 Å². The quantitative estimate of drug-likeness (QED) is 0.510. The van der Waals surface area contributed by atoms with E-state index in [1.165, 1.54) is 20.2 Å². The molecule has 0 bridgehead atoms. The number of rotatable bonds is 3. The molecule has 0 aliphatic rings. The number of halogens is 1. The summed E-state index contributed by atoms with van der Waals surface area (Å²) in [7, 11) is 1.39. The van der Waals surface area contributed by atoms with Crippen molar-refractivity contribution in [2.75, 3.05) is 7.11 Å². The first kappa shape index (κ1) is 14.2. The summed E-state index contributed by atoms with van der Waals surface area (Å²) >= 11 is 5.72. The van der Waals surface area contributed by atoms with Crippen LogP contribution < -0.4 is 28.7 Å². The van der Waals surface area contributed by atoms with E-state index in [4.69, 9.17) is 16.3 Å². The summed E-state index contributed by atoms with van der Waals surface area (Å²) < 4.78 is 4.75. The van der Waals surface area contributed by atoms with Gasteiger partial charge in [-0.15, -0.1) is 0 Å². The minimum absolute atomic E-state index is 0. The maximum absolute atomic E-state index is 10.6. The molecule has 1 heterocycles. The number of aromatic nitrogens is 2. The van der Waals surface area contributed by atoms with Crippen LogP contribution in [0.25, 0.3) is 0 Å². The van der Waals surface area contributed by atoms with Crippen molar-refractivity contribution in [2.24, 2.45) is 0 Å². The molecule has 0 aromatic carbocycles. The first-order valence-corrected chi connectivity index (χ1v) is 4.21. The number of carboxylic acids is 1. The topological polar surface area (TPSA) is 75.1 Å². The fourth-order valence-corrected chi connectivity index (χ4v) is 1.13. The zero-order valence-corrected chi connectivity index (χ0v) is 9.41. The van der Waals surface area contributed by atoms with Crippen LogP contribution in [0.5, 0.6) is 6.01 Å². The Morgan fingerprint density at radius 1 is 1.67 bits per heavy atom. The number of aliphatic carboxylic acids is 1. The minimum atomic E-state index is -1.24. The normalized spacial score (nSPS) is 11.4. The third kappa shape index (κ3) is 3.38. The second kappa shape index (κ2) is 5.96. The van der Waals surface area contributed by atoms with E-state index in [0.29, 0.717) is 0 Å². The minimum Gasteiger partial charge on any atom is -0.549 e. The third-order valence-corrected chi connectivity index (χ3v) is 1.99. The van der Waals surface area contributed by atoms with E-state index in [0.717, 1.165) is 0 Å². The van der Waals surface area contributed by atoms with Gasteiger partial charge in [0.2, 0.25) is 0 Å². The number of hydrogen-bond acceptors (Lipinski definition) is 5. The maximum Gasteiger partial charge on any atom is 1.00 e. The van der Waals surface area contributed by atoms with Gasteiger partial charge in [-0.05, 0) is 0 Å². The first-order valence-electron chi connectivity index (χ1n) is 3.83. The molecule has 0 spiro atoms. The number of carbonyl (C=O) groups is 1. The molecule has 5 nitrogen and oxygen atoms in total. The number of nitrogens with zero attached hydrogens (tertiary/aromatic N) is 2. The van der Waals surface area contributed by atoms with Gasteiger partial charge < -0.3 is 14.6 Å². The van der Waals surface area contributed by atoms with Gasteiger partial charge in [0.15, 0.2) is 0 Å². The summed E-state index contributed by atoms with van der Waals surface area (Å²) in [6, 6.07) is 0.0810. The second-order valence-electron chi connectivity index (χ2n) is 2.63. The predicted molar refractivity (Wildman–Crippen MR) is 47.0 cm³/mol. The molecule has 15 heavy (non-hydrogen) atoms. The molecule has 0 radical (unpaired) electrons. The fourth-order valence-electron chi connectivity index (χ4n) is 0.877. The van der Waals surface area contributed by atoms with Crippen LogP contribution in [0.1, 0.15) is 18.5 Å². The molecule has 76 valence electrons. The molecule has 7 heteroatoms. The van der Waals surface area contributed by atoms with Crippen LogP contribution >= 0.6 is 11.6 Å². The molecule has 1 atom stereocenters. The van der Waals surface area contributed by atoms with Gasteiger partial charge in [-0.2, -0.15) is 4.98 Å². The molecule has 1 aromatic heterocycles. The van der Waals surface area contributed by atoms with Gasteiger partial charge in [-0.25, -0.2) is 4.98 Å². The van der Waals surface area contributed by atoms with Crippen LogP contribution in [-0.2, 0) is 4.79 Å². The molecule has 0 saturated carbocycles. The molecular weight excluding hydrogens is 214 g/mol. The largest absolute Gasteiger partial charge is 1.00 e. The molecule has 0 N–H and O–H groups in total. The Hall–Kier alpha value is -0.763. The van der Waals surface area contributed by atoms with E-state index < -0.39 is 11.9 Å². The Labute approximate surface area is 104 Å². The number of ether oxygens (including phenoxy) is 1. The SMILES string of the molecule is COc1ncc(Cl)c(C(C)C(=O)[O-])n1.[Li+]. The number of hydrogen-bond donors (Lipinski definition) is 0. The van der Waals surface area contributed by atoms with Crippen molar-refractivity contribution in [3.05, 3.63) is 16.9 Å². The standard InChI is InChI=1S/C8H9ClN2O3.Li/c1-4(7(12)13)6-5(9)3-10-8(11-6)14-2;/h3-4H,1-2H3,(H,12,13);/q;+1/p-1. The van der Waals surface area contributed by atoms with Gasteiger partial charge in [-0.3, -0.25) is 0 Å². The fraction of sp³-hybridized carbons (Fsp3) is 0.375. The number of methoxy groups -OCH3 is 1. The van der Waals surface area contributed by atoms with Gasteiger partial charge in [0.1, 0.15) is 0 Å². The summed E-state index contributed by atoms with van der Waals surface area (Å²) in [5.74, 6) is -2.13. The van der Waals surface area contributed by atoms with Crippen molar-refractivity contribution in [1.82, 2.24) is 9.97 Å². The first-order chi connectivity index (χ1) is 6.56. The van der Waals surface area contributed by atoms with E-state index >= 15 is 0 Å². The van der Waals surface area contributed by atoms with E-state index in [1.807, 2.05) is 0 Å². The Morgan fingerprint density at radius 2 is 2.27 bits per heavy atom. The molecule has 1 rings (SSSR count). The maximum atomic E-state index is 10.6. The molecule has 0 aliphatic carbocycles. The number of carboxylic acid groups (broad SMARTS) is 1. The van der Waals surface area contributed by atoms with Gasteiger partial charge in [0.25, 0.3) is 0 Å². The predicted octanol–water partition coefficient (Wildman–Crippen LogP) is -3.00.